The average molecular weight is 484 g/mol. The molecular formula is C31H37N3O2. The second kappa shape index (κ2) is 10.6. The Morgan fingerprint density at radius 1 is 1.03 bits per heavy atom. The Kier molecular flexibility index (Phi) is 7.24. The molecule has 188 valence electrons. The zero-order chi connectivity index (χ0) is 25.1. The molecule has 0 bridgehead atoms. The largest absolute Gasteiger partial charge is 0.481 e. The molecule has 5 rings (SSSR count). The highest BCUT2D eigenvalue weighted by Gasteiger charge is 2.32. The Labute approximate surface area is 214 Å². The van der Waals surface area contributed by atoms with E-state index in [4.69, 9.17) is 9.72 Å². The Hall–Kier alpha value is -2.99. The zero-order valence-electron chi connectivity index (χ0n) is 21.6. The maximum Gasteiger partial charge on any atom is 0.218 e. The number of β-amino-alcohol motifs (C(OH)–C–C–N with tert-alkyl or cyclic N) is 1. The smallest absolute Gasteiger partial charge is 0.218 e. The number of aliphatic hydroxyl groups is 1. The predicted octanol–water partition coefficient (Wildman–Crippen LogP) is 5.33. The molecule has 1 fully saturated rings. The number of aromatic nitrogens is 1. The molecule has 5 nitrogen and oxygen atoms in total. The Morgan fingerprint density at radius 3 is 2.58 bits per heavy atom. The van der Waals surface area contributed by atoms with Crippen molar-refractivity contribution >= 4 is 21.7 Å². The van der Waals surface area contributed by atoms with Crippen molar-refractivity contribution in [2.45, 2.75) is 57.3 Å². The minimum absolute atomic E-state index is 0.116. The van der Waals surface area contributed by atoms with Crippen molar-refractivity contribution in [3.8, 4) is 5.88 Å². The molecule has 2 heterocycles. The number of aliphatic hydroxyl groups excluding tert-OH is 1. The molecule has 1 aliphatic rings. The molecule has 5 heteroatoms. The van der Waals surface area contributed by atoms with Crippen LogP contribution >= 0.6 is 0 Å². The summed E-state index contributed by atoms with van der Waals surface area (Å²) >= 11 is 0. The summed E-state index contributed by atoms with van der Waals surface area (Å²) in [6, 6.07) is 25.6. The monoisotopic (exact) mass is 483 g/mol. The van der Waals surface area contributed by atoms with E-state index in [-0.39, 0.29) is 11.6 Å². The van der Waals surface area contributed by atoms with E-state index in [0.717, 1.165) is 48.8 Å². The molecule has 0 saturated carbocycles. The molecule has 1 saturated heterocycles. The van der Waals surface area contributed by atoms with Gasteiger partial charge in [-0.1, -0.05) is 60.7 Å². The molecule has 4 aromatic rings. The van der Waals surface area contributed by atoms with Crippen LogP contribution in [0.2, 0.25) is 0 Å². The summed E-state index contributed by atoms with van der Waals surface area (Å²) in [6.45, 7) is 6.69. The second-order valence-corrected chi connectivity index (χ2v) is 10.7. The third-order valence-electron chi connectivity index (χ3n) is 7.44. The maximum absolute atomic E-state index is 11.2. The summed E-state index contributed by atoms with van der Waals surface area (Å²) in [6.07, 6.45) is 2.55. The number of rotatable bonds is 9. The number of hydrogen-bond acceptors (Lipinski definition) is 5. The molecule has 0 amide bonds. The summed E-state index contributed by atoms with van der Waals surface area (Å²) in [5.41, 5.74) is 3.19. The van der Waals surface area contributed by atoms with Crippen molar-refractivity contribution < 1.29 is 9.84 Å². The van der Waals surface area contributed by atoms with Gasteiger partial charge in [0, 0.05) is 35.6 Å². The first-order valence-electron chi connectivity index (χ1n) is 13.0. The quantitative estimate of drug-likeness (QED) is 0.337. The summed E-state index contributed by atoms with van der Waals surface area (Å²) in [5, 5.41) is 18.5. The van der Waals surface area contributed by atoms with Crippen LogP contribution in [0.4, 0.5) is 0 Å². The van der Waals surface area contributed by atoms with Gasteiger partial charge in [-0.15, -0.1) is 0 Å². The van der Waals surface area contributed by atoms with E-state index in [0.29, 0.717) is 12.4 Å². The lowest BCUT2D eigenvalue weighted by Crippen LogP contribution is -2.50. The van der Waals surface area contributed by atoms with Crippen molar-refractivity contribution in [2.75, 3.05) is 20.2 Å². The lowest BCUT2D eigenvalue weighted by molar-refractivity contribution is 0.0629. The third-order valence-corrected chi connectivity index (χ3v) is 7.44. The van der Waals surface area contributed by atoms with Crippen LogP contribution in [-0.4, -0.2) is 52.9 Å². The van der Waals surface area contributed by atoms with Gasteiger partial charge in [-0.2, -0.15) is 0 Å². The van der Waals surface area contributed by atoms with E-state index >= 15 is 0 Å². The molecule has 2 unspecified atom stereocenters. The van der Waals surface area contributed by atoms with Crippen molar-refractivity contribution in [1.82, 2.24) is 15.2 Å². The number of nitrogens with one attached hydrogen (secondary N) is 1. The van der Waals surface area contributed by atoms with Gasteiger partial charge in [0.05, 0.1) is 18.7 Å². The maximum atomic E-state index is 11.2. The van der Waals surface area contributed by atoms with Gasteiger partial charge < -0.3 is 15.2 Å². The topological polar surface area (TPSA) is 57.6 Å². The van der Waals surface area contributed by atoms with E-state index in [2.05, 4.69) is 78.7 Å². The van der Waals surface area contributed by atoms with Crippen LogP contribution in [0, 0.1) is 0 Å². The Morgan fingerprint density at radius 2 is 1.78 bits per heavy atom. The highest BCUT2D eigenvalue weighted by atomic mass is 16.5. The molecule has 36 heavy (non-hydrogen) atoms. The van der Waals surface area contributed by atoms with E-state index in [9.17, 15) is 5.11 Å². The number of ether oxygens (including phenoxy) is 1. The highest BCUT2D eigenvalue weighted by molar-refractivity contribution is 5.83. The minimum atomic E-state index is -0.442. The Bertz CT molecular complexity index is 1340. The normalized spacial score (nSPS) is 17.6. The zero-order valence-corrected chi connectivity index (χ0v) is 21.6. The summed E-state index contributed by atoms with van der Waals surface area (Å²) < 4.78 is 5.62. The van der Waals surface area contributed by atoms with Gasteiger partial charge in [0.1, 0.15) is 0 Å². The number of hydrogen-bond donors (Lipinski definition) is 2. The predicted molar refractivity (Wildman–Crippen MR) is 147 cm³/mol. The number of benzene rings is 3. The highest BCUT2D eigenvalue weighted by Crippen LogP contribution is 2.28. The fraction of sp³-hybridized carbons (Fsp3) is 0.387. The number of nitrogens with zero attached hydrogens (tertiary/aromatic N) is 2. The molecule has 2 N–H and O–H groups in total. The van der Waals surface area contributed by atoms with Crippen LogP contribution in [0.3, 0.4) is 0 Å². The lowest BCUT2D eigenvalue weighted by atomic mass is 9.93. The van der Waals surface area contributed by atoms with Gasteiger partial charge in [0.25, 0.3) is 0 Å². The fourth-order valence-electron chi connectivity index (χ4n) is 5.57. The number of methoxy groups -OCH3 is 1. The number of pyridine rings is 1. The standard InChI is InChI=1S/C31H37N3O2/c1-31(2,19-22-14-15-23-9-4-5-10-24(23)17-22)32-20-29(35)28-13-8-16-34(28)21-26-18-25-11-6-7-12-27(25)33-30(26)36-3/h4-7,9-12,14-15,17-18,28-29,32,35H,8,13,16,19-21H2,1-3H3. The molecule has 3 aromatic carbocycles. The first-order valence-corrected chi connectivity index (χ1v) is 13.0. The van der Waals surface area contributed by atoms with Crippen LogP contribution in [0.1, 0.15) is 37.8 Å². The molecule has 2 atom stereocenters. The van der Waals surface area contributed by atoms with E-state index in [1.54, 1.807) is 7.11 Å². The fourth-order valence-corrected chi connectivity index (χ4v) is 5.57. The number of para-hydroxylation sites is 1. The molecule has 0 radical (unpaired) electrons. The molecular weight excluding hydrogens is 446 g/mol. The van der Waals surface area contributed by atoms with Crippen LogP contribution < -0.4 is 10.1 Å². The van der Waals surface area contributed by atoms with Gasteiger partial charge in [-0.05, 0) is 68.1 Å². The Balaban J connectivity index is 1.23. The lowest BCUT2D eigenvalue weighted by Gasteiger charge is -2.33. The van der Waals surface area contributed by atoms with Crippen LogP contribution in [-0.2, 0) is 13.0 Å². The van der Waals surface area contributed by atoms with Crippen LogP contribution in [0.25, 0.3) is 21.7 Å². The molecule has 1 aliphatic heterocycles. The number of likely N-dealkylation sites (tertiary alicyclic amines) is 1. The SMILES string of the molecule is COc1nc2ccccc2cc1CN1CCCC1C(O)CNC(C)(C)Cc1ccc2ccccc2c1. The van der Waals surface area contributed by atoms with Gasteiger partial charge in [-0.3, -0.25) is 4.90 Å². The summed E-state index contributed by atoms with van der Waals surface area (Å²) in [5.74, 6) is 0.670. The summed E-state index contributed by atoms with van der Waals surface area (Å²) in [7, 11) is 1.68. The van der Waals surface area contributed by atoms with Gasteiger partial charge in [0.2, 0.25) is 5.88 Å². The van der Waals surface area contributed by atoms with E-state index in [1.165, 1.54) is 16.3 Å². The first-order chi connectivity index (χ1) is 17.4. The van der Waals surface area contributed by atoms with E-state index in [1.807, 2.05) is 18.2 Å². The van der Waals surface area contributed by atoms with Gasteiger partial charge >= 0.3 is 0 Å². The van der Waals surface area contributed by atoms with Gasteiger partial charge in [0.15, 0.2) is 0 Å². The minimum Gasteiger partial charge on any atom is -0.481 e. The van der Waals surface area contributed by atoms with Crippen molar-refractivity contribution in [1.29, 1.82) is 0 Å². The second-order valence-electron chi connectivity index (χ2n) is 10.7. The van der Waals surface area contributed by atoms with Crippen molar-refractivity contribution in [3.63, 3.8) is 0 Å². The third kappa shape index (κ3) is 5.54. The summed E-state index contributed by atoms with van der Waals surface area (Å²) in [4.78, 5) is 7.10. The average Bonchev–Trinajstić information content (AvgIpc) is 3.35. The first kappa shape index (κ1) is 24.7. The van der Waals surface area contributed by atoms with Crippen molar-refractivity contribution in [3.05, 3.63) is 83.9 Å². The van der Waals surface area contributed by atoms with Gasteiger partial charge in [-0.25, -0.2) is 4.98 Å². The number of fused-ring (bicyclic) bond motifs is 2. The van der Waals surface area contributed by atoms with Crippen molar-refractivity contribution in [2.24, 2.45) is 0 Å². The van der Waals surface area contributed by atoms with Crippen LogP contribution in [0.15, 0.2) is 72.8 Å². The van der Waals surface area contributed by atoms with Crippen LogP contribution in [0.5, 0.6) is 5.88 Å². The van der Waals surface area contributed by atoms with E-state index < -0.39 is 6.10 Å². The molecule has 0 spiro atoms. The molecule has 0 aliphatic carbocycles. The molecule has 1 aromatic heterocycles.